The molecular weight excluding hydrogens is 590 g/mol. The lowest BCUT2D eigenvalue weighted by molar-refractivity contribution is -0.621. The molecule has 12 nitrogen and oxygen atoms in total. The van der Waals surface area contributed by atoms with Gasteiger partial charge in [-0.2, -0.15) is 9.99 Å². The number of hydrogen-bond acceptors (Lipinski definition) is 10. The highest BCUT2D eigenvalue weighted by atomic mass is 32.2. The maximum absolute atomic E-state index is 13.2. The van der Waals surface area contributed by atoms with Crippen LogP contribution in [0, 0.1) is 22.5 Å². The van der Waals surface area contributed by atoms with Gasteiger partial charge < -0.3 is 26.5 Å². The first kappa shape index (κ1) is 32.2. The van der Waals surface area contributed by atoms with Gasteiger partial charge in [-0.3, -0.25) is 14.5 Å². The van der Waals surface area contributed by atoms with Gasteiger partial charge in [0.05, 0.1) is 11.4 Å². The number of anilines is 2. The Kier molecular flexibility index (Phi) is 10.8. The Balaban J connectivity index is 1.17. The number of nitrogens with one attached hydrogen (secondary N) is 2. The molecule has 45 heavy (non-hydrogen) atoms. The van der Waals surface area contributed by atoms with E-state index in [4.69, 9.17) is 5.73 Å². The summed E-state index contributed by atoms with van der Waals surface area (Å²) in [6.07, 6.45) is 3.08. The molecule has 4 heterocycles. The molecule has 2 saturated heterocycles. The number of carbonyl (C=O) groups excluding carboxylic acids is 2. The fraction of sp³-hybridized carbons (Fsp3) is 0.438. The highest BCUT2D eigenvalue weighted by Crippen LogP contribution is 2.29. The van der Waals surface area contributed by atoms with Gasteiger partial charge in [-0.15, -0.1) is 0 Å². The second-order valence-corrected chi connectivity index (χ2v) is 12.4. The highest BCUT2D eigenvalue weighted by Gasteiger charge is 2.25. The predicted octanol–water partition coefficient (Wildman–Crippen LogP) is 2.56. The minimum Gasteiger partial charge on any atom is -0.618 e. The molecule has 2 aromatic heterocycles. The number of piperidine rings is 1. The van der Waals surface area contributed by atoms with E-state index in [-0.39, 0.29) is 35.4 Å². The zero-order valence-electron chi connectivity index (χ0n) is 25.5. The van der Waals surface area contributed by atoms with Gasteiger partial charge in [-0.05, 0) is 50.0 Å². The van der Waals surface area contributed by atoms with Crippen molar-refractivity contribution in [2.45, 2.75) is 43.5 Å². The van der Waals surface area contributed by atoms with Gasteiger partial charge in [0.25, 0.3) is 0 Å². The van der Waals surface area contributed by atoms with Gasteiger partial charge in [0, 0.05) is 75.9 Å². The Morgan fingerprint density at radius 1 is 1.11 bits per heavy atom. The Morgan fingerprint density at radius 3 is 2.51 bits per heavy atom. The molecule has 0 spiro atoms. The summed E-state index contributed by atoms with van der Waals surface area (Å²) in [5.74, 6) is 0.953. The van der Waals surface area contributed by atoms with Gasteiger partial charge in [-0.25, -0.2) is 9.97 Å². The number of aryl methyl sites for hydroxylation is 1. The van der Waals surface area contributed by atoms with Crippen LogP contribution in [0.2, 0.25) is 0 Å². The number of carbonyl (C=O) groups is 2. The number of nitrogens with zero attached hydrogens (tertiary/aromatic N) is 6. The van der Waals surface area contributed by atoms with Crippen molar-refractivity contribution in [3.63, 3.8) is 0 Å². The van der Waals surface area contributed by atoms with Gasteiger partial charge >= 0.3 is 0 Å². The smallest absolute Gasteiger partial charge is 0.223 e. The molecule has 0 unspecified atom stereocenters. The number of benzene rings is 1. The van der Waals surface area contributed by atoms with Crippen LogP contribution in [0.1, 0.15) is 43.1 Å². The summed E-state index contributed by atoms with van der Waals surface area (Å²) < 4.78 is 0.881. The van der Waals surface area contributed by atoms with Crippen LogP contribution in [0.4, 0.5) is 11.5 Å². The maximum Gasteiger partial charge on any atom is 0.223 e. The van der Waals surface area contributed by atoms with Crippen molar-refractivity contribution < 1.29 is 14.3 Å². The Hall–Kier alpha value is -4.25. The summed E-state index contributed by atoms with van der Waals surface area (Å²) in [4.78, 5) is 37.6. The summed E-state index contributed by atoms with van der Waals surface area (Å²) in [6, 6.07) is 14.3. The first-order valence-electron chi connectivity index (χ1n) is 15.3. The molecule has 4 N–H and O–H groups in total. The molecule has 0 saturated carbocycles. The van der Waals surface area contributed by atoms with Crippen LogP contribution in [0.5, 0.6) is 0 Å². The van der Waals surface area contributed by atoms with Gasteiger partial charge in [0.15, 0.2) is 10.9 Å². The quantitative estimate of drug-likeness (QED) is 0.131. The van der Waals surface area contributed by atoms with Crippen molar-refractivity contribution in [1.29, 1.82) is 5.26 Å². The van der Waals surface area contributed by atoms with Crippen molar-refractivity contribution in [2.24, 2.45) is 5.92 Å². The van der Waals surface area contributed by atoms with E-state index < -0.39 is 0 Å². The van der Waals surface area contributed by atoms with E-state index in [1.54, 1.807) is 36.4 Å². The molecule has 236 valence electrons. The number of hydrogen-bond donors (Lipinski definition) is 3. The van der Waals surface area contributed by atoms with E-state index in [0.717, 1.165) is 56.5 Å². The van der Waals surface area contributed by atoms with E-state index in [9.17, 15) is 20.1 Å². The van der Waals surface area contributed by atoms with Crippen LogP contribution in [0.15, 0.2) is 47.6 Å². The van der Waals surface area contributed by atoms with E-state index in [0.29, 0.717) is 39.9 Å². The number of nitrogen functional groups attached to an aromatic ring is 1. The molecule has 0 aliphatic carbocycles. The normalized spacial score (nSPS) is 15.9. The predicted molar refractivity (Wildman–Crippen MR) is 173 cm³/mol. The highest BCUT2D eigenvalue weighted by molar-refractivity contribution is 7.98. The summed E-state index contributed by atoms with van der Waals surface area (Å²) >= 11 is 1.24. The molecule has 2 aliphatic heterocycles. The zero-order valence-corrected chi connectivity index (χ0v) is 26.3. The van der Waals surface area contributed by atoms with Crippen LogP contribution >= 0.6 is 11.8 Å². The number of aromatic nitrogens is 3. The standard InChI is InChI=1S/C32H39N9O3S/c1-22(42)36-25-7-5-24(6-8-25)30-28(19-33)31(34)38-32(37-30)45-21-27-4-2-3-26(41(27)44)9-10-29(43)40-17-15-39(16-18-40)20-23-11-13-35-14-12-23/h2-8,23,35H,9-18,20-21H2,1H3,(H,36,42)(H2,34,37,38). The van der Waals surface area contributed by atoms with Crippen molar-refractivity contribution in [2.75, 3.05) is 56.9 Å². The van der Waals surface area contributed by atoms with Crippen LogP contribution in [0.3, 0.4) is 0 Å². The Labute approximate surface area is 267 Å². The molecule has 0 radical (unpaired) electrons. The third-order valence-corrected chi connectivity index (χ3v) is 9.13. The summed E-state index contributed by atoms with van der Waals surface area (Å²) in [7, 11) is 0. The number of thioether (sulfide) groups is 1. The monoisotopic (exact) mass is 629 g/mol. The van der Waals surface area contributed by atoms with Crippen molar-refractivity contribution in [3.05, 3.63) is 64.6 Å². The molecule has 0 atom stereocenters. The third-order valence-electron chi connectivity index (χ3n) is 8.25. The van der Waals surface area contributed by atoms with Crippen molar-refractivity contribution in [1.82, 2.24) is 25.1 Å². The van der Waals surface area contributed by atoms with E-state index >= 15 is 0 Å². The molecule has 13 heteroatoms. The zero-order chi connectivity index (χ0) is 31.8. The van der Waals surface area contributed by atoms with E-state index in [2.05, 4.69) is 31.6 Å². The number of nitrogens with two attached hydrogens (primary N) is 1. The van der Waals surface area contributed by atoms with Gasteiger partial charge in [-0.1, -0.05) is 23.9 Å². The first-order valence-corrected chi connectivity index (χ1v) is 16.3. The minimum atomic E-state index is -0.187. The second-order valence-electron chi connectivity index (χ2n) is 11.5. The van der Waals surface area contributed by atoms with Crippen molar-refractivity contribution >= 4 is 35.1 Å². The lowest BCUT2D eigenvalue weighted by Crippen LogP contribution is -2.50. The minimum absolute atomic E-state index is 0.0466. The third kappa shape index (κ3) is 8.48. The van der Waals surface area contributed by atoms with E-state index in [1.807, 2.05) is 11.0 Å². The lowest BCUT2D eigenvalue weighted by Gasteiger charge is -2.37. The molecule has 3 aromatic rings. The van der Waals surface area contributed by atoms with Crippen LogP contribution in [0.25, 0.3) is 11.3 Å². The average Bonchev–Trinajstić information content (AvgIpc) is 3.04. The number of rotatable bonds is 10. The summed E-state index contributed by atoms with van der Waals surface area (Å²) in [5.41, 5.74) is 8.94. The Bertz CT molecular complexity index is 1550. The number of amides is 2. The largest absolute Gasteiger partial charge is 0.618 e. The van der Waals surface area contributed by atoms with E-state index in [1.165, 1.54) is 31.5 Å². The molecular formula is C32H39N9O3S. The van der Waals surface area contributed by atoms with Gasteiger partial charge in [0.2, 0.25) is 17.5 Å². The van der Waals surface area contributed by atoms with Crippen LogP contribution in [-0.4, -0.2) is 77.4 Å². The SMILES string of the molecule is CC(=O)Nc1ccc(-c2nc(SCc3cccc(CCC(=O)N4CCN(CC5CCNCC5)CC4)[n+]3[O-])nc(N)c2C#N)cc1. The van der Waals surface area contributed by atoms with Gasteiger partial charge in [0.1, 0.15) is 17.5 Å². The second kappa shape index (κ2) is 15.2. The number of nitriles is 1. The molecule has 2 fully saturated rings. The maximum atomic E-state index is 13.2. The molecule has 0 bridgehead atoms. The van der Waals surface area contributed by atoms with Crippen LogP contribution < -0.4 is 21.1 Å². The average molecular weight is 630 g/mol. The first-order chi connectivity index (χ1) is 21.8. The van der Waals surface area contributed by atoms with Crippen LogP contribution in [-0.2, 0) is 21.8 Å². The fourth-order valence-electron chi connectivity index (χ4n) is 5.78. The number of pyridine rings is 1. The Morgan fingerprint density at radius 2 is 1.82 bits per heavy atom. The summed E-state index contributed by atoms with van der Waals surface area (Å²) in [6.45, 7) is 7.99. The molecule has 5 rings (SSSR count). The lowest BCUT2D eigenvalue weighted by atomic mass is 9.97. The topological polar surface area (TPSA) is 167 Å². The van der Waals surface area contributed by atoms with Crippen molar-refractivity contribution in [3.8, 4) is 17.3 Å². The number of piperazine rings is 1. The molecule has 2 aliphatic rings. The summed E-state index contributed by atoms with van der Waals surface area (Å²) in [5, 5.41) is 29.3. The molecule has 1 aromatic carbocycles. The fourth-order valence-corrected chi connectivity index (χ4v) is 6.59. The molecule has 2 amide bonds.